The number of rotatable bonds is 2. The number of carbonyl (C=O) groups is 1. The van der Waals surface area contributed by atoms with Crippen LogP contribution in [0.5, 0.6) is 0 Å². The maximum atomic E-state index is 13.3. The Hall–Kier alpha value is -2.10. The zero-order chi connectivity index (χ0) is 10.8. The molecule has 0 fully saturated rings. The second-order valence-electron chi connectivity index (χ2n) is 3.11. The summed E-state index contributed by atoms with van der Waals surface area (Å²) in [7, 11) is 0. The van der Waals surface area contributed by atoms with Gasteiger partial charge in [0.2, 0.25) is 5.78 Å². The fourth-order valence-corrected chi connectivity index (χ4v) is 1.37. The summed E-state index contributed by atoms with van der Waals surface area (Å²) in [5.41, 5.74) is 0.294. The first kappa shape index (κ1) is 9.45. The van der Waals surface area contributed by atoms with E-state index in [0.717, 1.165) is 0 Å². The molecule has 0 saturated carbocycles. The van der Waals surface area contributed by atoms with Crippen molar-refractivity contribution >= 4 is 5.78 Å². The number of aromatic nitrogens is 1. The molecular weight excluding hydrogens is 195 g/mol. The number of halogens is 1. The zero-order valence-corrected chi connectivity index (χ0v) is 7.85. The van der Waals surface area contributed by atoms with E-state index >= 15 is 0 Å². The highest BCUT2D eigenvalue weighted by atomic mass is 19.1. The SMILES string of the molecule is Nn1cccc1C(=O)c1ccccc1F. The Balaban J connectivity index is 2.46. The molecule has 1 aromatic carbocycles. The standard InChI is InChI=1S/C11H9FN2O/c12-9-5-2-1-4-8(9)11(15)10-6-3-7-14(10)13/h1-7H,13H2. The number of benzene rings is 1. The van der Waals surface area contributed by atoms with E-state index in [1.54, 1.807) is 18.2 Å². The van der Waals surface area contributed by atoms with Gasteiger partial charge in [-0.15, -0.1) is 0 Å². The van der Waals surface area contributed by atoms with E-state index in [0.29, 0.717) is 0 Å². The summed E-state index contributed by atoms with van der Waals surface area (Å²) in [6, 6.07) is 9.01. The molecule has 3 nitrogen and oxygen atoms in total. The van der Waals surface area contributed by atoms with Crippen LogP contribution in [0.15, 0.2) is 42.6 Å². The van der Waals surface area contributed by atoms with Crippen molar-refractivity contribution in [1.82, 2.24) is 4.68 Å². The molecule has 0 atom stereocenters. The van der Waals surface area contributed by atoms with Crippen LogP contribution in [0.25, 0.3) is 0 Å². The van der Waals surface area contributed by atoms with E-state index < -0.39 is 11.6 Å². The molecule has 0 radical (unpaired) electrons. The van der Waals surface area contributed by atoms with E-state index in [9.17, 15) is 9.18 Å². The molecule has 0 spiro atoms. The number of nitrogens with two attached hydrogens (primary N) is 1. The second-order valence-corrected chi connectivity index (χ2v) is 3.11. The topological polar surface area (TPSA) is 48.0 Å². The molecule has 1 aromatic heterocycles. The van der Waals surface area contributed by atoms with Crippen LogP contribution in [0.1, 0.15) is 16.1 Å². The van der Waals surface area contributed by atoms with Crippen LogP contribution in [0, 0.1) is 5.82 Å². The fraction of sp³-hybridized carbons (Fsp3) is 0. The molecule has 0 bridgehead atoms. The average molecular weight is 204 g/mol. The van der Waals surface area contributed by atoms with E-state index in [1.807, 2.05) is 0 Å². The van der Waals surface area contributed by atoms with Gasteiger partial charge >= 0.3 is 0 Å². The lowest BCUT2D eigenvalue weighted by molar-refractivity contribution is 0.102. The lowest BCUT2D eigenvalue weighted by atomic mass is 10.1. The lowest BCUT2D eigenvalue weighted by Gasteiger charge is -2.03. The van der Waals surface area contributed by atoms with Crippen molar-refractivity contribution < 1.29 is 9.18 Å². The highest BCUT2D eigenvalue weighted by molar-refractivity contribution is 6.08. The van der Waals surface area contributed by atoms with Crippen LogP contribution in [-0.2, 0) is 0 Å². The maximum Gasteiger partial charge on any atom is 0.214 e. The smallest absolute Gasteiger partial charge is 0.214 e. The molecular formula is C11H9FN2O. The molecule has 1 heterocycles. The molecule has 15 heavy (non-hydrogen) atoms. The summed E-state index contributed by atoms with van der Waals surface area (Å²) in [5.74, 6) is 4.55. The molecule has 2 rings (SSSR count). The predicted octanol–water partition coefficient (Wildman–Crippen LogP) is 1.57. The van der Waals surface area contributed by atoms with E-state index in [-0.39, 0.29) is 11.3 Å². The first-order valence-electron chi connectivity index (χ1n) is 4.42. The third kappa shape index (κ3) is 1.61. The number of nitrogens with zero attached hydrogens (tertiary/aromatic N) is 1. The highest BCUT2D eigenvalue weighted by Crippen LogP contribution is 2.12. The summed E-state index contributed by atoms with van der Waals surface area (Å²) in [5, 5.41) is 0. The second kappa shape index (κ2) is 3.57. The van der Waals surface area contributed by atoms with Crippen molar-refractivity contribution in [3.8, 4) is 0 Å². The summed E-state index contributed by atoms with van der Waals surface area (Å²) in [6.07, 6.45) is 1.54. The lowest BCUT2D eigenvalue weighted by Crippen LogP contribution is -2.16. The van der Waals surface area contributed by atoms with Crippen LogP contribution in [0.2, 0.25) is 0 Å². The van der Waals surface area contributed by atoms with Crippen molar-refractivity contribution in [1.29, 1.82) is 0 Å². The van der Waals surface area contributed by atoms with Crippen LogP contribution in [0.4, 0.5) is 4.39 Å². The minimum Gasteiger partial charge on any atom is -0.339 e. The minimum atomic E-state index is -0.538. The van der Waals surface area contributed by atoms with Crippen LogP contribution >= 0.6 is 0 Å². The molecule has 2 aromatic rings. The summed E-state index contributed by atoms with van der Waals surface area (Å²) >= 11 is 0. The fourth-order valence-electron chi connectivity index (χ4n) is 1.37. The molecule has 0 aliphatic heterocycles. The van der Waals surface area contributed by atoms with Gasteiger partial charge in [0.15, 0.2) is 0 Å². The first-order chi connectivity index (χ1) is 7.20. The van der Waals surface area contributed by atoms with Crippen LogP contribution < -0.4 is 5.84 Å². The number of hydrogen-bond acceptors (Lipinski definition) is 2. The Morgan fingerprint density at radius 3 is 2.53 bits per heavy atom. The molecule has 76 valence electrons. The van der Waals surface area contributed by atoms with Crippen LogP contribution in [0.3, 0.4) is 0 Å². The maximum absolute atomic E-state index is 13.3. The Labute approximate surface area is 85.9 Å². The third-order valence-electron chi connectivity index (χ3n) is 2.13. The Bertz CT molecular complexity index is 505. The average Bonchev–Trinajstić information content (AvgIpc) is 2.64. The van der Waals surface area contributed by atoms with Crippen molar-refractivity contribution in [3.63, 3.8) is 0 Å². The van der Waals surface area contributed by atoms with E-state index in [1.165, 1.54) is 29.1 Å². The number of hydrogen-bond donors (Lipinski definition) is 1. The van der Waals surface area contributed by atoms with Gasteiger partial charge < -0.3 is 5.84 Å². The quantitative estimate of drug-likeness (QED) is 0.596. The summed E-state index contributed by atoms with van der Waals surface area (Å²) in [4.78, 5) is 11.8. The minimum absolute atomic E-state index is 0.0305. The number of nitrogen functional groups attached to an aromatic ring is 1. The van der Waals surface area contributed by atoms with E-state index in [2.05, 4.69) is 0 Å². The van der Waals surface area contributed by atoms with Gasteiger partial charge in [-0.1, -0.05) is 12.1 Å². The summed E-state index contributed by atoms with van der Waals surface area (Å²) in [6.45, 7) is 0. The Kier molecular flexibility index (Phi) is 2.25. The van der Waals surface area contributed by atoms with Gasteiger partial charge in [-0.3, -0.25) is 9.47 Å². The first-order valence-corrected chi connectivity index (χ1v) is 4.42. The third-order valence-corrected chi connectivity index (χ3v) is 2.13. The zero-order valence-electron chi connectivity index (χ0n) is 7.85. The Morgan fingerprint density at radius 1 is 1.20 bits per heavy atom. The normalized spacial score (nSPS) is 10.2. The predicted molar refractivity (Wildman–Crippen MR) is 54.4 cm³/mol. The van der Waals surface area contributed by atoms with Gasteiger partial charge in [-0.05, 0) is 24.3 Å². The van der Waals surface area contributed by atoms with Crippen molar-refractivity contribution in [2.45, 2.75) is 0 Å². The molecule has 0 amide bonds. The highest BCUT2D eigenvalue weighted by Gasteiger charge is 2.15. The van der Waals surface area contributed by atoms with Crippen molar-refractivity contribution in [2.75, 3.05) is 5.84 Å². The van der Waals surface area contributed by atoms with Crippen molar-refractivity contribution in [3.05, 3.63) is 59.7 Å². The van der Waals surface area contributed by atoms with Gasteiger partial charge in [0, 0.05) is 6.20 Å². The van der Waals surface area contributed by atoms with Gasteiger partial charge in [0.05, 0.1) is 5.56 Å². The molecule has 0 unspecified atom stereocenters. The molecule has 0 aliphatic carbocycles. The van der Waals surface area contributed by atoms with Crippen LogP contribution in [-0.4, -0.2) is 10.5 Å². The van der Waals surface area contributed by atoms with Gasteiger partial charge in [0.25, 0.3) is 0 Å². The van der Waals surface area contributed by atoms with E-state index in [4.69, 9.17) is 5.84 Å². The monoisotopic (exact) mass is 204 g/mol. The molecule has 0 saturated heterocycles. The number of carbonyl (C=O) groups excluding carboxylic acids is 1. The van der Waals surface area contributed by atoms with Gasteiger partial charge in [-0.2, -0.15) is 0 Å². The largest absolute Gasteiger partial charge is 0.339 e. The van der Waals surface area contributed by atoms with Gasteiger partial charge in [-0.25, -0.2) is 4.39 Å². The summed E-state index contributed by atoms with van der Waals surface area (Å²) < 4.78 is 14.5. The van der Waals surface area contributed by atoms with Gasteiger partial charge in [0.1, 0.15) is 11.5 Å². The van der Waals surface area contributed by atoms with Crippen molar-refractivity contribution in [2.24, 2.45) is 0 Å². The molecule has 0 aliphatic rings. The number of ketones is 1. The Morgan fingerprint density at radius 2 is 1.93 bits per heavy atom. The molecule has 2 N–H and O–H groups in total. The molecule has 4 heteroatoms.